The highest BCUT2D eigenvalue weighted by atomic mass is 35.5. The molecule has 0 saturated heterocycles. The zero-order valence-corrected chi connectivity index (χ0v) is 10.7. The van der Waals surface area contributed by atoms with Crippen LogP contribution >= 0.6 is 12.4 Å². The number of hydrogen-bond donors (Lipinski definition) is 2. The zero-order valence-electron chi connectivity index (χ0n) is 9.89. The number of ether oxygens (including phenoxy) is 1. The molecule has 0 spiro atoms. The lowest BCUT2D eigenvalue weighted by atomic mass is 10.1. The zero-order chi connectivity index (χ0) is 11.8. The molecule has 0 heterocycles. The van der Waals surface area contributed by atoms with Gasteiger partial charge in [-0.15, -0.1) is 12.4 Å². The molecule has 0 fully saturated rings. The third-order valence-corrected chi connectivity index (χ3v) is 2.27. The van der Waals surface area contributed by atoms with E-state index in [1.807, 2.05) is 30.3 Å². The van der Waals surface area contributed by atoms with Crippen molar-refractivity contribution in [3.63, 3.8) is 0 Å². The minimum absolute atomic E-state index is 0. The second kappa shape index (κ2) is 8.98. The van der Waals surface area contributed by atoms with Gasteiger partial charge in [0.1, 0.15) is 6.04 Å². The molecular weight excluding hydrogens is 240 g/mol. The van der Waals surface area contributed by atoms with Crippen molar-refractivity contribution in [3.05, 3.63) is 35.9 Å². The van der Waals surface area contributed by atoms with Gasteiger partial charge in [0.15, 0.2) is 0 Å². The molecule has 0 bridgehead atoms. The summed E-state index contributed by atoms with van der Waals surface area (Å²) < 4.78 is 4.89. The lowest BCUT2D eigenvalue weighted by Gasteiger charge is -2.12. The minimum Gasteiger partial charge on any atom is -0.385 e. The van der Waals surface area contributed by atoms with E-state index in [-0.39, 0.29) is 18.3 Å². The molecule has 17 heavy (non-hydrogen) atoms. The summed E-state index contributed by atoms with van der Waals surface area (Å²) >= 11 is 0. The van der Waals surface area contributed by atoms with Gasteiger partial charge in [0.25, 0.3) is 0 Å². The van der Waals surface area contributed by atoms with Gasteiger partial charge in [-0.2, -0.15) is 0 Å². The molecule has 5 heteroatoms. The normalized spacial score (nSPS) is 11.4. The molecular formula is C12H19ClN2O2. The monoisotopic (exact) mass is 258 g/mol. The van der Waals surface area contributed by atoms with Gasteiger partial charge in [0.05, 0.1) is 0 Å². The number of halogens is 1. The van der Waals surface area contributed by atoms with E-state index >= 15 is 0 Å². The first-order valence-electron chi connectivity index (χ1n) is 5.33. The van der Waals surface area contributed by atoms with Crippen molar-refractivity contribution in [1.29, 1.82) is 0 Å². The Morgan fingerprint density at radius 3 is 2.65 bits per heavy atom. The van der Waals surface area contributed by atoms with E-state index in [2.05, 4.69) is 5.32 Å². The molecule has 0 saturated carbocycles. The largest absolute Gasteiger partial charge is 0.385 e. The van der Waals surface area contributed by atoms with E-state index in [1.54, 1.807) is 7.11 Å². The highest BCUT2D eigenvalue weighted by Gasteiger charge is 2.14. The van der Waals surface area contributed by atoms with Gasteiger partial charge in [-0.25, -0.2) is 0 Å². The third kappa shape index (κ3) is 5.68. The summed E-state index contributed by atoms with van der Waals surface area (Å²) in [5.74, 6) is -0.151. The fraction of sp³-hybridized carbons (Fsp3) is 0.417. The lowest BCUT2D eigenvalue weighted by molar-refractivity contribution is -0.122. The van der Waals surface area contributed by atoms with E-state index in [0.717, 1.165) is 12.0 Å². The van der Waals surface area contributed by atoms with Gasteiger partial charge in [0.2, 0.25) is 5.91 Å². The summed E-state index contributed by atoms with van der Waals surface area (Å²) in [6.07, 6.45) is 0.795. The first kappa shape index (κ1) is 15.9. The van der Waals surface area contributed by atoms with Crippen LogP contribution in [0.2, 0.25) is 0 Å². The second-order valence-electron chi connectivity index (χ2n) is 3.53. The van der Waals surface area contributed by atoms with Crippen molar-refractivity contribution in [3.8, 4) is 0 Å². The van der Waals surface area contributed by atoms with Crippen LogP contribution in [0.25, 0.3) is 0 Å². The van der Waals surface area contributed by atoms with Crippen molar-refractivity contribution < 1.29 is 9.53 Å². The van der Waals surface area contributed by atoms with E-state index in [0.29, 0.717) is 13.2 Å². The Balaban J connectivity index is 0.00000256. The minimum atomic E-state index is -0.594. The van der Waals surface area contributed by atoms with Crippen molar-refractivity contribution in [1.82, 2.24) is 5.32 Å². The Morgan fingerprint density at radius 1 is 1.41 bits per heavy atom. The Labute approximate surface area is 108 Å². The van der Waals surface area contributed by atoms with Crippen LogP contribution in [-0.2, 0) is 9.53 Å². The average Bonchev–Trinajstić information content (AvgIpc) is 2.34. The summed E-state index contributed by atoms with van der Waals surface area (Å²) in [7, 11) is 1.64. The molecule has 0 aliphatic carbocycles. The predicted molar refractivity (Wildman–Crippen MR) is 70.1 cm³/mol. The maximum atomic E-state index is 11.6. The number of carbonyl (C=O) groups excluding carboxylic acids is 1. The Morgan fingerprint density at radius 2 is 2.06 bits per heavy atom. The van der Waals surface area contributed by atoms with Crippen molar-refractivity contribution in [2.24, 2.45) is 5.73 Å². The first-order valence-corrected chi connectivity index (χ1v) is 5.33. The number of nitrogens with two attached hydrogens (primary N) is 1. The summed E-state index contributed by atoms with van der Waals surface area (Å²) in [4.78, 5) is 11.6. The van der Waals surface area contributed by atoms with E-state index < -0.39 is 6.04 Å². The summed E-state index contributed by atoms with van der Waals surface area (Å²) in [6.45, 7) is 1.23. The van der Waals surface area contributed by atoms with Crippen LogP contribution in [0.1, 0.15) is 18.0 Å². The maximum Gasteiger partial charge on any atom is 0.241 e. The van der Waals surface area contributed by atoms with E-state index in [4.69, 9.17) is 10.5 Å². The second-order valence-corrected chi connectivity index (χ2v) is 3.53. The molecule has 4 nitrogen and oxygen atoms in total. The first-order chi connectivity index (χ1) is 7.75. The number of hydrogen-bond acceptors (Lipinski definition) is 3. The molecule has 1 atom stereocenters. The van der Waals surface area contributed by atoms with Crippen molar-refractivity contribution in [2.45, 2.75) is 12.5 Å². The van der Waals surface area contributed by atoms with Crippen molar-refractivity contribution in [2.75, 3.05) is 20.3 Å². The van der Waals surface area contributed by atoms with Gasteiger partial charge in [-0.3, -0.25) is 4.79 Å². The topological polar surface area (TPSA) is 64.3 Å². The lowest BCUT2D eigenvalue weighted by Crippen LogP contribution is -2.34. The Kier molecular flexibility index (Phi) is 8.40. The predicted octanol–water partition coefficient (Wildman–Crippen LogP) is 1.26. The summed E-state index contributed by atoms with van der Waals surface area (Å²) in [5, 5.41) is 2.77. The van der Waals surface area contributed by atoms with Crippen LogP contribution in [0, 0.1) is 0 Å². The van der Waals surface area contributed by atoms with Crippen LogP contribution in [0.15, 0.2) is 30.3 Å². The highest BCUT2D eigenvalue weighted by Crippen LogP contribution is 2.08. The Bertz CT molecular complexity index is 320. The molecule has 0 aliphatic rings. The van der Waals surface area contributed by atoms with Gasteiger partial charge in [-0.1, -0.05) is 30.3 Å². The molecule has 1 aromatic carbocycles. The molecule has 1 unspecified atom stereocenters. The number of carbonyl (C=O) groups is 1. The fourth-order valence-corrected chi connectivity index (χ4v) is 1.35. The molecule has 3 N–H and O–H groups in total. The third-order valence-electron chi connectivity index (χ3n) is 2.27. The molecule has 1 amide bonds. The van der Waals surface area contributed by atoms with Gasteiger partial charge in [0, 0.05) is 20.3 Å². The van der Waals surface area contributed by atoms with Gasteiger partial charge >= 0.3 is 0 Å². The molecule has 0 aliphatic heterocycles. The van der Waals surface area contributed by atoms with Gasteiger partial charge < -0.3 is 15.8 Å². The number of methoxy groups -OCH3 is 1. The van der Waals surface area contributed by atoms with Gasteiger partial charge in [-0.05, 0) is 12.0 Å². The highest BCUT2D eigenvalue weighted by molar-refractivity contribution is 5.85. The molecule has 0 radical (unpaired) electrons. The quantitative estimate of drug-likeness (QED) is 0.755. The molecule has 96 valence electrons. The maximum absolute atomic E-state index is 11.6. The molecule has 1 aromatic rings. The van der Waals surface area contributed by atoms with Crippen LogP contribution in [0.4, 0.5) is 0 Å². The standard InChI is InChI=1S/C12H18N2O2.ClH/c1-16-9-5-8-14-12(15)11(13)10-6-3-2-4-7-10;/h2-4,6-7,11H,5,8-9,13H2,1H3,(H,14,15);1H. The molecule has 1 rings (SSSR count). The Hall–Kier alpha value is -1.10. The fourth-order valence-electron chi connectivity index (χ4n) is 1.35. The SMILES string of the molecule is COCCCNC(=O)C(N)c1ccccc1.Cl. The summed E-state index contributed by atoms with van der Waals surface area (Å²) in [5.41, 5.74) is 6.64. The number of rotatable bonds is 6. The smallest absolute Gasteiger partial charge is 0.241 e. The molecule has 0 aromatic heterocycles. The van der Waals surface area contributed by atoms with Crippen LogP contribution in [0.5, 0.6) is 0 Å². The van der Waals surface area contributed by atoms with Crippen LogP contribution in [-0.4, -0.2) is 26.2 Å². The van der Waals surface area contributed by atoms with E-state index in [1.165, 1.54) is 0 Å². The number of benzene rings is 1. The number of amides is 1. The average molecular weight is 259 g/mol. The van der Waals surface area contributed by atoms with Crippen LogP contribution < -0.4 is 11.1 Å². The van der Waals surface area contributed by atoms with Crippen LogP contribution in [0.3, 0.4) is 0 Å². The van der Waals surface area contributed by atoms with E-state index in [9.17, 15) is 4.79 Å². The summed E-state index contributed by atoms with van der Waals surface area (Å²) in [6, 6.07) is 8.73. The van der Waals surface area contributed by atoms with Crippen molar-refractivity contribution >= 4 is 18.3 Å². The number of nitrogens with one attached hydrogen (secondary N) is 1.